The van der Waals surface area contributed by atoms with E-state index in [0.717, 1.165) is 0 Å². The molecule has 22 heavy (non-hydrogen) atoms. The summed E-state index contributed by atoms with van der Waals surface area (Å²) < 4.78 is 26.3. The molecule has 1 fully saturated rings. The molecule has 1 aliphatic rings. The van der Waals surface area contributed by atoms with Crippen LogP contribution in [0.2, 0.25) is 0 Å². The van der Waals surface area contributed by atoms with Crippen molar-refractivity contribution in [1.82, 2.24) is 0 Å². The van der Waals surface area contributed by atoms with Gasteiger partial charge in [0.25, 0.3) is 0 Å². The van der Waals surface area contributed by atoms with Crippen LogP contribution in [-0.2, 0) is 38.1 Å². The fraction of sp³-hybridized carbons (Fsp3) is 0.769. The average molecular weight is 383 g/mol. The molecular formula is C13H19BrO8. The summed E-state index contributed by atoms with van der Waals surface area (Å²) in [5.41, 5.74) is 0. The highest BCUT2D eigenvalue weighted by Crippen LogP contribution is 2.29. The van der Waals surface area contributed by atoms with Crippen molar-refractivity contribution in [3.8, 4) is 0 Å². The van der Waals surface area contributed by atoms with E-state index in [1.807, 2.05) is 0 Å². The summed E-state index contributed by atoms with van der Waals surface area (Å²) in [6.07, 6.45) is -4.61. The molecule has 0 radical (unpaired) electrons. The monoisotopic (exact) mass is 382 g/mol. The highest BCUT2D eigenvalue weighted by Gasteiger charge is 2.51. The third-order valence-electron chi connectivity index (χ3n) is 2.88. The number of hydrogen-bond acceptors (Lipinski definition) is 8. The van der Waals surface area contributed by atoms with E-state index in [2.05, 4.69) is 15.9 Å². The van der Waals surface area contributed by atoms with Gasteiger partial charge in [-0.15, -0.1) is 0 Å². The maximum absolute atomic E-state index is 11.4. The lowest BCUT2D eigenvalue weighted by Gasteiger charge is -2.43. The molecule has 1 saturated heterocycles. The first-order chi connectivity index (χ1) is 10.3. The van der Waals surface area contributed by atoms with Gasteiger partial charge in [-0.3, -0.25) is 14.4 Å². The van der Waals surface area contributed by atoms with Crippen molar-refractivity contribution in [2.75, 3.05) is 12.4 Å². The van der Waals surface area contributed by atoms with Crippen LogP contribution in [0.5, 0.6) is 0 Å². The molecule has 0 saturated carbocycles. The van der Waals surface area contributed by atoms with Gasteiger partial charge in [-0.2, -0.15) is 0 Å². The molecule has 0 aromatic carbocycles. The van der Waals surface area contributed by atoms with E-state index in [4.69, 9.17) is 23.7 Å². The van der Waals surface area contributed by atoms with Gasteiger partial charge in [0.05, 0.1) is 0 Å². The van der Waals surface area contributed by atoms with E-state index < -0.39 is 48.6 Å². The van der Waals surface area contributed by atoms with Gasteiger partial charge in [-0.1, -0.05) is 15.9 Å². The summed E-state index contributed by atoms with van der Waals surface area (Å²) in [6, 6.07) is 0. The fourth-order valence-electron chi connectivity index (χ4n) is 2.17. The first-order valence-electron chi connectivity index (χ1n) is 6.56. The Morgan fingerprint density at radius 2 is 1.36 bits per heavy atom. The summed E-state index contributed by atoms with van der Waals surface area (Å²) in [5, 5.41) is 0.301. The van der Waals surface area contributed by atoms with Gasteiger partial charge in [0.1, 0.15) is 6.10 Å². The molecule has 8 nitrogen and oxygen atoms in total. The predicted molar refractivity (Wildman–Crippen MR) is 76.1 cm³/mol. The summed E-state index contributed by atoms with van der Waals surface area (Å²) in [4.78, 5) is 34.0. The third kappa shape index (κ3) is 4.92. The van der Waals surface area contributed by atoms with E-state index in [1.165, 1.54) is 27.9 Å². The van der Waals surface area contributed by atoms with Crippen LogP contribution in [0.25, 0.3) is 0 Å². The quantitative estimate of drug-likeness (QED) is 0.386. The highest BCUT2D eigenvalue weighted by molar-refractivity contribution is 9.09. The zero-order chi connectivity index (χ0) is 16.9. The molecule has 0 spiro atoms. The first-order valence-corrected chi connectivity index (χ1v) is 7.68. The Bertz CT molecular complexity index is 396. The van der Waals surface area contributed by atoms with Gasteiger partial charge in [0, 0.05) is 33.2 Å². The highest BCUT2D eigenvalue weighted by atomic mass is 79.9. The zero-order valence-electron chi connectivity index (χ0n) is 12.7. The number of esters is 3. The van der Waals surface area contributed by atoms with Crippen molar-refractivity contribution >= 4 is 33.8 Å². The van der Waals surface area contributed by atoms with Crippen molar-refractivity contribution in [2.45, 2.75) is 51.5 Å². The first kappa shape index (κ1) is 18.9. The molecule has 1 heterocycles. The molecule has 0 aromatic heterocycles. The minimum Gasteiger partial charge on any atom is -0.456 e. The van der Waals surface area contributed by atoms with Gasteiger partial charge in [-0.25, -0.2) is 0 Å². The summed E-state index contributed by atoms with van der Waals surface area (Å²) in [5.74, 6) is -1.79. The Balaban J connectivity index is 3.14. The second kappa shape index (κ2) is 8.44. The number of alkyl halides is 1. The number of methoxy groups -OCH3 is 1. The van der Waals surface area contributed by atoms with Gasteiger partial charge >= 0.3 is 17.9 Å². The van der Waals surface area contributed by atoms with Crippen LogP contribution in [-0.4, -0.2) is 61.1 Å². The van der Waals surface area contributed by atoms with Crippen LogP contribution in [0.3, 0.4) is 0 Å². The van der Waals surface area contributed by atoms with Crippen LogP contribution in [0.4, 0.5) is 0 Å². The normalized spacial score (nSPS) is 31.2. The maximum Gasteiger partial charge on any atom is 0.303 e. The minimum absolute atomic E-state index is 0.301. The van der Waals surface area contributed by atoms with Crippen molar-refractivity contribution in [2.24, 2.45) is 0 Å². The molecule has 1 aliphatic heterocycles. The Morgan fingerprint density at radius 1 is 0.909 bits per heavy atom. The number of hydrogen-bond donors (Lipinski definition) is 0. The van der Waals surface area contributed by atoms with E-state index >= 15 is 0 Å². The van der Waals surface area contributed by atoms with Crippen LogP contribution in [0.1, 0.15) is 20.8 Å². The number of carbonyl (C=O) groups is 3. The lowest BCUT2D eigenvalue weighted by molar-refractivity contribution is -0.293. The number of halogens is 1. The Labute approximate surface area is 136 Å². The smallest absolute Gasteiger partial charge is 0.303 e. The number of carbonyl (C=O) groups excluding carboxylic acids is 3. The molecule has 9 heteroatoms. The summed E-state index contributed by atoms with van der Waals surface area (Å²) in [7, 11) is 1.36. The zero-order valence-corrected chi connectivity index (χ0v) is 14.3. The maximum atomic E-state index is 11.4. The lowest BCUT2D eigenvalue weighted by Crippen LogP contribution is -2.62. The van der Waals surface area contributed by atoms with Crippen LogP contribution >= 0.6 is 15.9 Å². The Morgan fingerprint density at radius 3 is 1.77 bits per heavy atom. The second-order valence-corrected chi connectivity index (χ2v) is 5.30. The van der Waals surface area contributed by atoms with Crippen LogP contribution < -0.4 is 0 Å². The van der Waals surface area contributed by atoms with Crippen molar-refractivity contribution < 1.29 is 38.1 Å². The number of ether oxygens (including phenoxy) is 5. The standard InChI is InChI=1S/C13H19BrO8/c1-6(15)19-10-9(5-14)22-13(18-4)12(21-8(3)17)11(10)20-7(2)16/h9-13H,5H2,1-4H3/t9-,10-,11+,12+,13-/m0/s1. The van der Waals surface area contributed by atoms with Gasteiger partial charge in [0.2, 0.25) is 0 Å². The third-order valence-corrected chi connectivity index (χ3v) is 3.52. The average Bonchev–Trinajstić information content (AvgIpc) is 2.41. The van der Waals surface area contributed by atoms with Crippen molar-refractivity contribution in [3.63, 3.8) is 0 Å². The minimum atomic E-state index is -1.05. The largest absolute Gasteiger partial charge is 0.456 e. The SMILES string of the molecule is CO[C@H]1O[C@@H](CBr)[C@H](OC(C)=O)[C@@H](OC(C)=O)[C@H]1OC(C)=O. The fourth-order valence-corrected chi connectivity index (χ4v) is 2.69. The Hall–Kier alpha value is -1.19. The topological polar surface area (TPSA) is 97.4 Å². The lowest BCUT2D eigenvalue weighted by atomic mass is 9.99. The molecule has 5 atom stereocenters. The van der Waals surface area contributed by atoms with Crippen molar-refractivity contribution in [1.29, 1.82) is 0 Å². The van der Waals surface area contributed by atoms with Gasteiger partial charge in [0.15, 0.2) is 24.6 Å². The van der Waals surface area contributed by atoms with Gasteiger partial charge < -0.3 is 23.7 Å². The second-order valence-electron chi connectivity index (χ2n) is 4.66. The van der Waals surface area contributed by atoms with E-state index in [-0.39, 0.29) is 0 Å². The Kier molecular flexibility index (Phi) is 7.24. The molecule has 126 valence electrons. The van der Waals surface area contributed by atoms with E-state index in [9.17, 15) is 14.4 Å². The van der Waals surface area contributed by atoms with E-state index in [1.54, 1.807) is 0 Å². The van der Waals surface area contributed by atoms with Gasteiger partial charge in [-0.05, 0) is 0 Å². The molecule has 0 aliphatic carbocycles. The molecule has 0 bridgehead atoms. The summed E-state index contributed by atoms with van der Waals surface area (Å²) in [6.45, 7) is 3.63. The molecule has 0 unspecified atom stereocenters. The summed E-state index contributed by atoms with van der Waals surface area (Å²) >= 11 is 3.24. The van der Waals surface area contributed by atoms with Crippen LogP contribution in [0, 0.1) is 0 Å². The van der Waals surface area contributed by atoms with E-state index in [0.29, 0.717) is 5.33 Å². The molecule has 0 N–H and O–H groups in total. The molecular weight excluding hydrogens is 364 g/mol. The van der Waals surface area contributed by atoms with Crippen LogP contribution in [0.15, 0.2) is 0 Å². The predicted octanol–water partition coefficient (Wildman–Crippen LogP) is 0.548. The number of rotatable bonds is 5. The molecule has 0 aromatic rings. The molecule has 0 amide bonds. The molecule has 1 rings (SSSR count). The van der Waals surface area contributed by atoms with Crippen molar-refractivity contribution in [3.05, 3.63) is 0 Å².